The van der Waals surface area contributed by atoms with Gasteiger partial charge in [-0.1, -0.05) is 30.3 Å². The molecule has 1 saturated heterocycles. The normalized spacial score (nSPS) is 29.6. The number of amides is 1. The minimum absolute atomic E-state index is 0.235. The van der Waals surface area contributed by atoms with Crippen LogP contribution in [-0.4, -0.2) is 66.5 Å². The summed E-state index contributed by atoms with van der Waals surface area (Å²) in [5.41, 5.74) is 0.885. The van der Waals surface area contributed by atoms with Crippen LogP contribution in [0.25, 0.3) is 11.4 Å². The first-order valence-corrected chi connectivity index (χ1v) is 9.99. The molecule has 5 atom stereocenters. The van der Waals surface area contributed by atoms with Crippen molar-refractivity contribution in [2.75, 3.05) is 6.61 Å². The third-order valence-corrected chi connectivity index (χ3v) is 5.67. The quantitative estimate of drug-likeness (QED) is 0.521. The Labute approximate surface area is 172 Å². The van der Waals surface area contributed by atoms with Crippen molar-refractivity contribution in [1.29, 1.82) is 0 Å². The fraction of sp³-hybridized carbons (Fsp3) is 0.526. The number of benzene rings is 1. The van der Waals surface area contributed by atoms with E-state index in [1.807, 2.05) is 34.9 Å². The zero-order valence-corrected chi connectivity index (χ0v) is 16.7. The SMILES string of the molecule is CC(=O)NC1C(O)C(O)C(CO)OC1n1nc(-c2ccccc2)n(C2CC2)c1=S. The summed E-state index contributed by atoms with van der Waals surface area (Å²) in [5.74, 6) is 0.276. The molecule has 0 bridgehead atoms. The average Bonchev–Trinajstić information content (AvgIpc) is 3.49. The molecule has 2 aliphatic rings. The van der Waals surface area contributed by atoms with Gasteiger partial charge < -0.3 is 25.4 Å². The van der Waals surface area contributed by atoms with E-state index in [4.69, 9.17) is 17.0 Å². The standard InChI is InChI=1S/C19H24N4O5S/c1-10(25)20-14-16(27)15(26)13(9-24)28-18(14)23-19(29)22(12-7-8-12)17(21-23)11-5-3-2-4-6-11/h2-6,12-16,18,24,26-27H,7-9H2,1H3,(H,20,25). The first kappa shape index (κ1) is 20.2. The van der Waals surface area contributed by atoms with E-state index in [0.717, 1.165) is 18.4 Å². The molecular weight excluding hydrogens is 396 g/mol. The number of ether oxygens (including phenoxy) is 1. The van der Waals surface area contributed by atoms with E-state index in [-0.39, 0.29) is 6.04 Å². The lowest BCUT2D eigenvalue weighted by atomic mass is 9.96. The van der Waals surface area contributed by atoms with E-state index in [2.05, 4.69) is 10.4 Å². The topological polar surface area (TPSA) is 122 Å². The Balaban J connectivity index is 1.81. The summed E-state index contributed by atoms with van der Waals surface area (Å²) >= 11 is 5.68. The molecule has 2 fully saturated rings. The van der Waals surface area contributed by atoms with Gasteiger partial charge in [0.1, 0.15) is 24.4 Å². The van der Waals surface area contributed by atoms with Gasteiger partial charge in [0.25, 0.3) is 0 Å². The van der Waals surface area contributed by atoms with E-state index in [0.29, 0.717) is 10.6 Å². The van der Waals surface area contributed by atoms with Gasteiger partial charge in [0.15, 0.2) is 12.1 Å². The lowest BCUT2D eigenvalue weighted by Crippen LogP contribution is -2.62. The van der Waals surface area contributed by atoms with Crippen LogP contribution in [-0.2, 0) is 9.53 Å². The summed E-state index contributed by atoms with van der Waals surface area (Å²) in [5, 5.41) is 37.7. The predicted molar refractivity (Wildman–Crippen MR) is 105 cm³/mol. The molecule has 1 aliphatic carbocycles. The van der Waals surface area contributed by atoms with Crippen molar-refractivity contribution in [3.8, 4) is 11.4 Å². The van der Waals surface area contributed by atoms with E-state index < -0.39 is 43.1 Å². The number of hydrogen-bond acceptors (Lipinski definition) is 7. The van der Waals surface area contributed by atoms with Crippen LogP contribution in [0.1, 0.15) is 32.0 Å². The second-order valence-corrected chi connectivity index (χ2v) is 7.84. The fourth-order valence-corrected chi connectivity index (χ4v) is 4.08. The summed E-state index contributed by atoms with van der Waals surface area (Å²) in [6.45, 7) is 0.815. The lowest BCUT2D eigenvalue weighted by Gasteiger charge is -2.42. The Morgan fingerprint density at radius 3 is 2.55 bits per heavy atom. The highest BCUT2D eigenvalue weighted by atomic mass is 32.1. The van der Waals surface area contributed by atoms with Crippen LogP contribution in [0.15, 0.2) is 30.3 Å². The number of aromatic nitrogens is 3. The molecule has 29 heavy (non-hydrogen) atoms. The van der Waals surface area contributed by atoms with Gasteiger partial charge in [-0.3, -0.25) is 9.36 Å². The number of nitrogens with zero attached hydrogens (tertiary/aromatic N) is 3. The molecule has 2 aromatic rings. The molecule has 0 radical (unpaired) electrons. The van der Waals surface area contributed by atoms with Gasteiger partial charge in [-0.2, -0.15) is 0 Å². The van der Waals surface area contributed by atoms with Crippen molar-refractivity contribution in [2.45, 2.75) is 56.4 Å². The second kappa shape index (κ2) is 7.96. The molecule has 156 valence electrons. The molecule has 2 heterocycles. The van der Waals surface area contributed by atoms with Crippen LogP contribution >= 0.6 is 12.2 Å². The smallest absolute Gasteiger partial charge is 0.217 e. The largest absolute Gasteiger partial charge is 0.394 e. The number of rotatable bonds is 5. The highest BCUT2D eigenvalue weighted by molar-refractivity contribution is 7.71. The summed E-state index contributed by atoms with van der Waals surface area (Å²) < 4.78 is 9.66. The molecule has 1 aromatic heterocycles. The monoisotopic (exact) mass is 420 g/mol. The summed E-state index contributed by atoms with van der Waals surface area (Å²) in [7, 11) is 0. The van der Waals surface area contributed by atoms with Gasteiger partial charge >= 0.3 is 0 Å². The molecule has 0 spiro atoms. The van der Waals surface area contributed by atoms with Crippen molar-refractivity contribution in [1.82, 2.24) is 19.7 Å². The molecule has 4 N–H and O–H groups in total. The zero-order chi connectivity index (χ0) is 20.7. The van der Waals surface area contributed by atoms with Crippen molar-refractivity contribution >= 4 is 18.1 Å². The Morgan fingerprint density at radius 2 is 1.97 bits per heavy atom. The molecule has 1 aromatic carbocycles. The summed E-state index contributed by atoms with van der Waals surface area (Å²) in [6, 6.07) is 8.85. The molecule has 10 heteroatoms. The van der Waals surface area contributed by atoms with Crippen LogP contribution in [0.3, 0.4) is 0 Å². The maximum atomic E-state index is 11.7. The van der Waals surface area contributed by atoms with Crippen molar-refractivity contribution < 1.29 is 24.9 Å². The average molecular weight is 420 g/mol. The Kier molecular flexibility index (Phi) is 5.54. The molecule has 5 unspecified atom stereocenters. The molecule has 4 rings (SSSR count). The van der Waals surface area contributed by atoms with Crippen molar-refractivity contribution in [3.63, 3.8) is 0 Å². The fourth-order valence-electron chi connectivity index (χ4n) is 3.70. The van der Waals surface area contributed by atoms with Gasteiger partial charge in [-0.15, -0.1) is 5.10 Å². The summed E-state index contributed by atoms with van der Waals surface area (Å²) in [6.07, 6.45) is -2.76. The van der Waals surface area contributed by atoms with E-state index in [1.54, 1.807) is 0 Å². The first-order chi connectivity index (χ1) is 13.9. The number of aliphatic hydroxyl groups excluding tert-OH is 3. The second-order valence-electron chi connectivity index (χ2n) is 7.47. The Bertz CT molecular complexity index is 942. The number of carbonyl (C=O) groups is 1. The maximum absolute atomic E-state index is 11.7. The minimum atomic E-state index is -1.36. The molecule has 1 aliphatic heterocycles. The van der Waals surface area contributed by atoms with Crippen LogP contribution < -0.4 is 5.32 Å². The third kappa shape index (κ3) is 3.74. The molecule has 1 amide bonds. The van der Waals surface area contributed by atoms with E-state index in [9.17, 15) is 20.1 Å². The maximum Gasteiger partial charge on any atom is 0.217 e. The van der Waals surface area contributed by atoms with Crippen LogP contribution in [0, 0.1) is 4.77 Å². The molecule has 1 saturated carbocycles. The minimum Gasteiger partial charge on any atom is -0.394 e. The number of nitrogens with one attached hydrogen (secondary N) is 1. The Hall–Kier alpha value is -2.11. The molecule has 9 nitrogen and oxygen atoms in total. The van der Waals surface area contributed by atoms with E-state index >= 15 is 0 Å². The first-order valence-electron chi connectivity index (χ1n) is 9.58. The highest BCUT2D eigenvalue weighted by Crippen LogP contribution is 2.39. The van der Waals surface area contributed by atoms with Crippen LogP contribution in [0.4, 0.5) is 0 Å². The number of aliphatic hydroxyl groups is 3. The van der Waals surface area contributed by atoms with Gasteiger partial charge in [-0.25, -0.2) is 4.68 Å². The van der Waals surface area contributed by atoms with Crippen molar-refractivity contribution in [3.05, 3.63) is 35.1 Å². The van der Waals surface area contributed by atoms with Gasteiger partial charge in [0, 0.05) is 18.5 Å². The van der Waals surface area contributed by atoms with Crippen LogP contribution in [0.5, 0.6) is 0 Å². The Morgan fingerprint density at radius 1 is 1.28 bits per heavy atom. The van der Waals surface area contributed by atoms with E-state index in [1.165, 1.54) is 11.6 Å². The third-order valence-electron chi connectivity index (χ3n) is 5.29. The number of carbonyl (C=O) groups excluding carboxylic acids is 1. The van der Waals surface area contributed by atoms with Gasteiger partial charge in [-0.05, 0) is 25.1 Å². The van der Waals surface area contributed by atoms with Crippen LogP contribution in [0.2, 0.25) is 0 Å². The zero-order valence-electron chi connectivity index (χ0n) is 15.9. The summed E-state index contributed by atoms with van der Waals surface area (Å²) in [4.78, 5) is 11.7. The number of hydrogen-bond donors (Lipinski definition) is 4. The van der Waals surface area contributed by atoms with Gasteiger partial charge in [0.05, 0.1) is 6.61 Å². The molecular formula is C19H24N4O5S. The van der Waals surface area contributed by atoms with Gasteiger partial charge in [0.2, 0.25) is 10.7 Å². The highest BCUT2D eigenvalue weighted by Gasteiger charge is 2.47. The lowest BCUT2D eigenvalue weighted by molar-refractivity contribution is -0.219. The van der Waals surface area contributed by atoms with Crippen molar-refractivity contribution in [2.24, 2.45) is 0 Å². The predicted octanol–water partition coefficient (Wildman–Crippen LogP) is 0.532.